The van der Waals surface area contributed by atoms with Crippen LogP contribution in [0.4, 0.5) is 0 Å². The maximum absolute atomic E-state index is 3.44. The Morgan fingerprint density at radius 1 is 1.23 bits per heavy atom. The lowest BCUT2D eigenvalue weighted by atomic mass is 10.0. The molecule has 3 rings (SSSR count). The van der Waals surface area contributed by atoms with Crippen molar-refractivity contribution in [3.8, 4) is 0 Å². The first kappa shape index (κ1) is 7.15. The molecule has 1 atom stereocenters. The van der Waals surface area contributed by atoms with Gasteiger partial charge in [0, 0.05) is 17.3 Å². The van der Waals surface area contributed by atoms with E-state index in [1.54, 1.807) is 0 Å². The van der Waals surface area contributed by atoms with Crippen LogP contribution in [0.2, 0.25) is 0 Å². The van der Waals surface area contributed by atoms with Crippen molar-refractivity contribution >= 4 is 10.9 Å². The molecule has 2 heteroatoms. The molecule has 2 nitrogen and oxygen atoms in total. The number of H-pyrrole nitrogens is 1. The Hall–Kier alpha value is -1.28. The zero-order valence-electron chi connectivity index (χ0n) is 7.38. The van der Waals surface area contributed by atoms with E-state index in [0.717, 1.165) is 6.54 Å². The van der Waals surface area contributed by atoms with Gasteiger partial charge < -0.3 is 10.3 Å². The summed E-state index contributed by atoms with van der Waals surface area (Å²) in [6, 6.07) is 11.2. The molecule has 66 valence electrons. The van der Waals surface area contributed by atoms with Crippen molar-refractivity contribution in [2.75, 3.05) is 6.54 Å². The fourth-order valence-electron chi connectivity index (χ4n) is 1.84. The second-order valence-corrected chi connectivity index (χ2v) is 3.61. The highest BCUT2D eigenvalue weighted by Gasteiger charge is 2.19. The molecule has 0 unspecified atom stereocenters. The van der Waals surface area contributed by atoms with Crippen LogP contribution < -0.4 is 5.32 Å². The van der Waals surface area contributed by atoms with Gasteiger partial charge >= 0.3 is 0 Å². The first-order valence-corrected chi connectivity index (χ1v) is 4.74. The Balaban J connectivity index is 2.10. The first-order valence-electron chi connectivity index (χ1n) is 4.74. The molecule has 0 spiro atoms. The van der Waals surface area contributed by atoms with E-state index in [1.807, 2.05) is 0 Å². The quantitative estimate of drug-likeness (QED) is 0.678. The van der Waals surface area contributed by atoms with Crippen LogP contribution in [-0.4, -0.2) is 11.5 Å². The zero-order valence-corrected chi connectivity index (χ0v) is 7.38. The van der Waals surface area contributed by atoms with Gasteiger partial charge in [0.1, 0.15) is 0 Å². The van der Waals surface area contributed by atoms with Crippen LogP contribution in [0, 0.1) is 0 Å². The lowest BCUT2D eigenvalue weighted by Crippen LogP contribution is -2.35. The molecule has 2 N–H and O–H groups in total. The number of aromatic amines is 1. The highest BCUT2D eigenvalue weighted by atomic mass is 15.0. The Labute approximate surface area is 77.0 Å². The summed E-state index contributed by atoms with van der Waals surface area (Å²) < 4.78 is 0. The third-order valence-corrected chi connectivity index (χ3v) is 2.75. The number of benzene rings is 1. The summed E-state index contributed by atoms with van der Waals surface area (Å²) in [7, 11) is 0. The largest absolute Gasteiger partial charge is 0.357 e. The summed E-state index contributed by atoms with van der Waals surface area (Å²) >= 11 is 0. The van der Waals surface area contributed by atoms with Crippen molar-refractivity contribution in [1.82, 2.24) is 10.3 Å². The minimum Gasteiger partial charge on any atom is -0.357 e. The van der Waals surface area contributed by atoms with Gasteiger partial charge in [0.05, 0.1) is 0 Å². The monoisotopic (exact) mass is 172 g/mol. The summed E-state index contributed by atoms with van der Waals surface area (Å²) in [6.45, 7) is 1.15. The molecule has 1 aromatic carbocycles. The van der Waals surface area contributed by atoms with Crippen molar-refractivity contribution in [2.24, 2.45) is 0 Å². The second kappa shape index (κ2) is 2.60. The van der Waals surface area contributed by atoms with E-state index in [2.05, 4.69) is 40.6 Å². The zero-order chi connectivity index (χ0) is 8.67. The molecule has 0 saturated carbocycles. The number of para-hydroxylation sites is 1. The Morgan fingerprint density at radius 3 is 2.77 bits per heavy atom. The van der Waals surface area contributed by atoms with Gasteiger partial charge in [-0.1, -0.05) is 18.2 Å². The van der Waals surface area contributed by atoms with Gasteiger partial charge in [-0.05, 0) is 30.5 Å². The van der Waals surface area contributed by atoms with Crippen molar-refractivity contribution in [3.05, 3.63) is 36.0 Å². The Bertz CT molecular complexity index is 393. The summed E-state index contributed by atoms with van der Waals surface area (Å²) in [5, 5.41) is 4.70. The predicted octanol–water partition coefficient (Wildman–Crippen LogP) is 2.20. The third kappa shape index (κ3) is 1.06. The standard InChI is InChI=1S/C11H12N2/c1-2-4-9-8(3-1)7-11(13-9)10-5-6-12-10/h1-4,7,10,12-13H,5-6H2/t10-/m1/s1. The van der Waals surface area contributed by atoms with E-state index in [9.17, 15) is 0 Å². The average Bonchev–Trinajstić information content (AvgIpc) is 2.43. The van der Waals surface area contributed by atoms with E-state index in [0.29, 0.717) is 6.04 Å². The normalized spacial score (nSPS) is 21.7. The molecule has 0 bridgehead atoms. The van der Waals surface area contributed by atoms with Gasteiger partial charge in [-0.3, -0.25) is 0 Å². The van der Waals surface area contributed by atoms with E-state index in [-0.39, 0.29) is 0 Å². The molecule has 13 heavy (non-hydrogen) atoms. The van der Waals surface area contributed by atoms with Crippen molar-refractivity contribution in [1.29, 1.82) is 0 Å². The van der Waals surface area contributed by atoms with E-state index < -0.39 is 0 Å². The lowest BCUT2D eigenvalue weighted by molar-refractivity contribution is 0.377. The molecule has 2 heterocycles. The number of hydrogen-bond acceptors (Lipinski definition) is 1. The van der Waals surface area contributed by atoms with E-state index in [4.69, 9.17) is 0 Å². The topological polar surface area (TPSA) is 27.8 Å². The summed E-state index contributed by atoms with van der Waals surface area (Å²) in [5.41, 5.74) is 2.57. The van der Waals surface area contributed by atoms with Crippen molar-refractivity contribution in [2.45, 2.75) is 12.5 Å². The first-order chi connectivity index (χ1) is 6.43. The summed E-state index contributed by atoms with van der Waals surface area (Å²) in [5.74, 6) is 0. The van der Waals surface area contributed by atoms with Crippen LogP contribution in [0.25, 0.3) is 10.9 Å². The van der Waals surface area contributed by atoms with Gasteiger partial charge in [0.2, 0.25) is 0 Å². The fraction of sp³-hybridized carbons (Fsp3) is 0.273. The van der Waals surface area contributed by atoms with Gasteiger partial charge in [-0.25, -0.2) is 0 Å². The Kier molecular flexibility index (Phi) is 1.43. The van der Waals surface area contributed by atoms with Crippen LogP contribution in [0.15, 0.2) is 30.3 Å². The molecule has 1 saturated heterocycles. The number of nitrogens with one attached hydrogen (secondary N) is 2. The second-order valence-electron chi connectivity index (χ2n) is 3.61. The van der Waals surface area contributed by atoms with Crippen LogP contribution in [0.1, 0.15) is 18.2 Å². The van der Waals surface area contributed by atoms with E-state index >= 15 is 0 Å². The minimum atomic E-state index is 0.562. The number of fused-ring (bicyclic) bond motifs is 1. The highest BCUT2D eigenvalue weighted by Crippen LogP contribution is 2.25. The van der Waals surface area contributed by atoms with Gasteiger partial charge in [-0.15, -0.1) is 0 Å². The van der Waals surface area contributed by atoms with Crippen LogP contribution >= 0.6 is 0 Å². The Morgan fingerprint density at radius 2 is 2.08 bits per heavy atom. The molecule has 1 fully saturated rings. The average molecular weight is 172 g/mol. The molecule has 0 aliphatic carbocycles. The minimum absolute atomic E-state index is 0.562. The maximum Gasteiger partial charge on any atom is 0.0485 e. The fourth-order valence-corrected chi connectivity index (χ4v) is 1.84. The number of hydrogen-bond donors (Lipinski definition) is 2. The van der Waals surface area contributed by atoms with Crippen molar-refractivity contribution < 1.29 is 0 Å². The van der Waals surface area contributed by atoms with Gasteiger partial charge in [0.25, 0.3) is 0 Å². The van der Waals surface area contributed by atoms with E-state index in [1.165, 1.54) is 23.0 Å². The molecule has 0 radical (unpaired) electrons. The highest BCUT2D eigenvalue weighted by molar-refractivity contribution is 5.80. The molecule has 1 aromatic heterocycles. The molecule has 1 aliphatic rings. The third-order valence-electron chi connectivity index (χ3n) is 2.75. The smallest absolute Gasteiger partial charge is 0.0485 e. The summed E-state index contributed by atoms with van der Waals surface area (Å²) in [4.78, 5) is 3.44. The van der Waals surface area contributed by atoms with Gasteiger partial charge in [0.15, 0.2) is 0 Å². The summed E-state index contributed by atoms with van der Waals surface area (Å²) in [6.07, 6.45) is 1.26. The van der Waals surface area contributed by atoms with Crippen LogP contribution in [0.5, 0.6) is 0 Å². The number of rotatable bonds is 1. The number of aromatic nitrogens is 1. The van der Waals surface area contributed by atoms with Gasteiger partial charge in [-0.2, -0.15) is 0 Å². The van der Waals surface area contributed by atoms with Crippen LogP contribution in [-0.2, 0) is 0 Å². The molecule has 2 aromatic rings. The van der Waals surface area contributed by atoms with Crippen molar-refractivity contribution in [3.63, 3.8) is 0 Å². The molecular formula is C11H12N2. The molecule has 0 amide bonds. The lowest BCUT2D eigenvalue weighted by Gasteiger charge is -2.26. The van der Waals surface area contributed by atoms with Crippen LogP contribution in [0.3, 0.4) is 0 Å². The predicted molar refractivity (Wildman–Crippen MR) is 53.7 cm³/mol. The molecular weight excluding hydrogens is 160 g/mol. The maximum atomic E-state index is 3.44. The SMILES string of the molecule is c1ccc2[nH]c([C@H]3CCN3)cc2c1. The molecule has 1 aliphatic heterocycles.